The number of pyridine rings is 1. The van der Waals surface area contributed by atoms with E-state index in [2.05, 4.69) is 4.98 Å². The number of rotatable bonds is 2. The summed E-state index contributed by atoms with van der Waals surface area (Å²) in [7, 11) is 0. The average molecular weight is 264 g/mol. The maximum absolute atomic E-state index is 10.4. The van der Waals surface area contributed by atoms with Crippen molar-refractivity contribution in [3.05, 3.63) is 52.2 Å². The molecule has 0 aliphatic rings. The van der Waals surface area contributed by atoms with Gasteiger partial charge in [-0.1, -0.05) is 17.7 Å². The van der Waals surface area contributed by atoms with Gasteiger partial charge in [0.2, 0.25) is 0 Å². The van der Waals surface area contributed by atoms with E-state index in [1.54, 1.807) is 30.5 Å². The Bertz CT molecular complexity index is 566. The van der Waals surface area contributed by atoms with Gasteiger partial charge in [0.1, 0.15) is 11.9 Å². The van der Waals surface area contributed by atoms with E-state index in [1.807, 2.05) is 6.92 Å². The smallest absolute Gasteiger partial charge is 0.129 e. The van der Waals surface area contributed by atoms with Crippen molar-refractivity contribution in [2.24, 2.45) is 0 Å². The summed E-state index contributed by atoms with van der Waals surface area (Å²) in [6.07, 6.45) is 0.697. The van der Waals surface area contributed by atoms with Gasteiger partial charge in [0.25, 0.3) is 0 Å². The fourth-order valence-electron chi connectivity index (χ4n) is 1.90. The summed E-state index contributed by atoms with van der Waals surface area (Å²) in [4.78, 5) is 3.98. The molecule has 1 unspecified atom stereocenters. The van der Waals surface area contributed by atoms with Gasteiger partial charge in [-0.05, 0) is 30.7 Å². The summed E-state index contributed by atoms with van der Waals surface area (Å²) >= 11 is 5.83. The molecule has 1 aromatic carbocycles. The van der Waals surface area contributed by atoms with Crippen LogP contribution in [0.5, 0.6) is 0 Å². The minimum Gasteiger partial charge on any atom is -0.398 e. The third kappa shape index (κ3) is 2.25. The molecular weight excluding hydrogens is 250 g/mol. The van der Waals surface area contributed by atoms with Crippen LogP contribution >= 0.6 is 11.6 Å². The number of hydrogen-bond acceptors (Lipinski definition) is 4. The number of aromatic nitrogens is 1. The summed E-state index contributed by atoms with van der Waals surface area (Å²) < 4.78 is 0. The molecule has 1 aromatic heterocycles. The zero-order chi connectivity index (χ0) is 13.3. The number of aryl methyl sites for hydroxylation is 1. The van der Waals surface area contributed by atoms with Gasteiger partial charge in [-0.15, -0.1) is 0 Å². The summed E-state index contributed by atoms with van der Waals surface area (Å²) in [5.74, 6) is 0.303. The Morgan fingerprint density at radius 2 is 2.00 bits per heavy atom. The van der Waals surface area contributed by atoms with Crippen molar-refractivity contribution in [1.29, 1.82) is 0 Å². The maximum Gasteiger partial charge on any atom is 0.129 e. The summed E-state index contributed by atoms with van der Waals surface area (Å²) in [6.45, 7) is 1.86. The van der Waals surface area contributed by atoms with Crippen molar-refractivity contribution in [2.45, 2.75) is 13.0 Å². The normalized spacial score (nSPS) is 12.4. The van der Waals surface area contributed by atoms with Crippen molar-refractivity contribution in [2.75, 3.05) is 11.5 Å². The summed E-state index contributed by atoms with van der Waals surface area (Å²) in [6, 6.07) is 6.76. The molecule has 2 aromatic rings. The number of nitrogens with zero attached hydrogens (tertiary/aromatic N) is 1. The lowest BCUT2D eigenvalue weighted by molar-refractivity contribution is 0.220. The number of halogens is 1. The van der Waals surface area contributed by atoms with Crippen molar-refractivity contribution >= 4 is 23.1 Å². The van der Waals surface area contributed by atoms with E-state index < -0.39 is 6.10 Å². The Hall–Kier alpha value is -1.78. The topological polar surface area (TPSA) is 85.2 Å². The molecule has 5 N–H and O–H groups in total. The fourth-order valence-corrected chi connectivity index (χ4v) is 2.08. The lowest BCUT2D eigenvalue weighted by Crippen LogP contribution is -2.09. The van der Waals surface area contributed by atoms with Crippen LogP contribution in [0.1, 0.15) is 22.8 Å². The van der Waals surface area contributed by atoms with E-state index in [0.717, 1.165) is 5.56 Å². The molecule has 0 aliphatic heterocycles. The predicted octanol–water partition coefficient (Wildman–Crippen LogP) is 2.29. The molecule has 0 bridgehead atoms. The van der Waals surface area contributed by atoms with Crippen molar-refractivity contribution in [3.63, 3.8) is 0 Å². The van der Waals surface area contributed by atoms with E-state index in [9.17, 15) is 5.11 Å². The molecular formula is C13H14ClN3O. The Morgan fingerprint density at radius 3 is 2.61 bits per heavy atom. The second kappa shape index (κ2) is 4.84. The molecule has 0 saturated heterocycles. The molecule has 94 valence electrons. The molecule has 0 radical (unpaired) electrons. The second-order valence-corrected chi connectivity index (χ2v) is 4.54. The first-order chi connectivity index (χ1) is 8.50. The van der Waals surface area contributed by atoms with Gasteiger partial charge in [0.15, 0.2) is 0 Å². The number of nitrogens with two attached hydrogens (primary N) is 2. The molecule has 0 amide bonds. The number of hydrogen-bond donors (Lipinski definition) is 3. The van der Waals surface area contributed by atoms with Crippen LogP contribution in [0.3, 0.4) is 0 Å². The van der Waals surface area contributed by atoms with Crippen LogP contribution in [0.25, 0.3) is 0 Å². The Kier molecular flexibility index (Phi) is 3.41. The quantitative estimate of drug-likeness (QED) is 0.726. The minimum absolute atomic E-state index is 0.303. The van der Waals surface area contributed by atoms with Gasteiger partial charge in [-0.3, -0.25) is 0 Å². The highest BCUT2D eigenvalue weighted by Gasteiger charge is 2.18. The van der Waals surface area contributed by atoms with E-state index in [1.165, 1.54) is 0 Å². The van der Waals surface area contributed by atoms with E-state index in [4.69, 9.17) is 23.1 Å². The number of anilines is 2. The highest BCUT2D eigenvalue weighted by molar-refractivity contribution is 6.30. The van der Waals surface area contributed by atoms with Crippen LogP contribution in [-0.2, 0) is 0 Å². The molecule has 4 nitrogen and oxygen atoms in total. The van der Waals surface area contributed by atoms with Gasteiger partial charge >= 0.3 is 0 Å². The minimum atomic E-state index is -0.907. The summed E-state index contributed by atoms with van der Waals surface area (Å²) in [5, 5.41) is 10.9. The lowest BCUT2D eigenvalue weighted by Gasteiger charge is -2.17. The Balaban J connectivity index is 2.51. The molecule has 1 heterocycles. The monoisotopic (exact) mass is 263 g/mol. The third-order valence-electron chi connectivity index (χ3n) is 2.86. The first-order valence-corrected chi connectivity index (χ1v) is 5.82. The van der Waals surface area contributed by atoms with E-state index in [0.29, 0.717) is 27.7 Å². The first kappa shape index (κ1) is 12.7. The Labute approximate surface area is 110 Å². The van der Waals surface area contributed by atoms with Crippen LogP contribution in [0.2, 0.25) is 5.02 Å². The molecule has 18 heavy (non-hydrogen) atoms. The van der Waals surface area contributed by atoms with Crippen LogP contribution in [0.4, 0.5) is 11.5 Å². The fraction of sp³-hybridized carbons (Fsp3) is 0.154. The molecule has 0 spiro atoms. The molecule has 5 heteroatoms. The highest BCUT2D eigenvalue weighted by Crippen LogP contribution is 2.32. The molecule has 0 aliphatic carbocycles. The van der Waals surface area contributed by atoms with E-state index >= 15 is 0 Å². The van der Waals surface area contributed by atoms with E-state index in [-0.39, 0.29) is 0 Å². The average Bonchev–Trinajstić information content (AvgIpc) is 2.28. The Morgan fingerprint density at radius 1 is 1.28 bits per heavy atom. The van der Waals surface area contributed by atoms with Gasteiger partial charge in [0.05, 0.1) is 0 Å². The number of benzene rings is 1. The number of aliphatic hydroxyl groups is 1. The van der Waals surface area contributed by atoms with Crippen LogP contribution in [0, 0.1) is 6.92 Å². The zero-order valence-corrected chi connectivity index (χ0v) is 10.6. The molecule has 0 fully saturated rings. The molecule has 2 rings (SSSR count). The van der Waals surface area contributed by atoms with Gasteiger partial charge in [0, 0.05) is 28.0 Å². The lowest BCUT2D eigenvalue weighted by atomic mass is 9.97. The van der Waals surface area contributed by atoms with Crippen LogP contribution in [-0.4, -0.2) is 10.1 Å². The predicted molar refractivity (Wildman–Crippen MR) is 73.3 cm³/mol. The zero-order valence-electron chi connectivity index (χ0n) is 9.89. The number of nitrogen functional groups attached to an aromatic ring is 2. The number of aliphatic hydroxyl groups excluding tert-OH is 1. The SMILES string of the molecule is Cc1ccnc(N)c1C(O)c1ccc(Cl)cc1N. The first-order valence-electron chi connectivity index (χ1n) is 5.44. The third-order valence-corrected chi connectivity index (χ3v) is 3.09. The van der Waals surface area contributed by atoms with Crippen molar-refractivity contribution in [1.82, 2.24) is 4.98 Å². The van der Waals surface area contributed by atoms with Crippen LogP contribution in [0.15, 0.2) is 30.5 Å². The molecule has 0 saturated carbocycles. The van der Waals surface area contributed by atoms with Crippen LogP contribution < -0.4 is 11.5 Å². The second-order valence-electron chi connectivity index (χ2n) is 4.10. The van der Waals surface area contributed by atoms with Crippen molar-refractivity contribution < 1.29 is 5.11 Å². The van der Waals surface area contributed by atoms with Gasteiger partial charge in [-0.2, -0.15) is 0 Å². The molecule has 1 atom stereocenters. The highest BCUT2D eigenvalue weighted by atomic mass is 35.5. The van der Waals surface area contributed by atoms with Crippen molar-refractivity contribution in [3.8, 4) is 0 Å². The standard InChI is InChI=1S/C13H14ClN3O/c1-7-4-5-17-13(16)11(7)12(18)9-3-2-8(14)6-10(9)15/h2-6,12,18H,15H2,1H3,(H2,16,17). The maximum atomic E-state index is 10.4. The summed E-state index contributed by atoms with van der Waals surface area (Å²) in [5.41, 5.74) is 14.1. The largest absolute Gasteiger partial charge is 0.398 e. The van der Waals surface area contributed by atoms with Gasteiger partial charge in [-0.25, -0.2) is 4.98 Å². The van der Waals surface area contributed by atoms with Gasteiger partial charge < -0.3 is 16.6 Å².